The normalized spacial score (nSPS) is 18.4. The van der Waals surface area contributed by atoms with Crippen molar-refractivity contribution < 1.29 is 13.2 Å². The van der Waals surface area contributed by atoms with E-state index >= 15 is 0 Å². The lowest BCUT2D eigenvalue weighted by Crippen LogP contribution is -2.38. The average molecular weight is 341 g/mol. The van der Waals surface area contributed by atoms with Crippen molar-refractivity contribution >= 4 is 16.1 Å². The first-order chi connectivity index (χ1) is 10.9. The van der Waals surface area contributed by atoms with E-state index in [4.69, 9.17) is 0 Å². The lowest BCUT2D eigenvalue weighted by molar-refractivity contribution is 0.169. The standard InChI is InChI=1S/C14H23N5O3S/c1-17(2)14(20)18-6-3-7-19-12(10-18)8-11(16-19)9-15-23(21,22)13-4-5-13/h8,13,15H,3-7,9-10H2,1-2H3. The van der Waals surface area contributed by atoms with Gasteiger partial charge in [-0.25, -0.2) is 17.9 Å². The fourth-order valence-corrected chi connectivity index (χ4v) is 4.07. The molecule has 2 amide bonds. The van der Waals surface area contributed by atoms with Crippen LogP contribution in [0.2, 0.25) is 0 Å². The number of urea groups is 1. The zero-order valence-electron chi connectivity index (χ0n) is 13.5. The minimum absolute atomic E-state index is 0.0179. The van der Waals surface area contributed by atoms with Crippen LogP contribution in [0.5, 0.6) is 0 Å². The minimum atomic E-state index is -3.20. The summed E-state index contributed by atoms with van der Waals surface area (Å²) in [7, 11) is 0.278. The molecule has 1 aliphatic carbocycles. The highest BCUT2D eigenvalue weighted by Crippen LogP contribution is 2.27. The summed E-state index contributed by atoms with van der Waals surface area (Å²) in [5, 5.41) is 4.24. The van der Waals surface area contributed by atoms with Crippen LogP contribution in [0.15, 0.2) is 6.07 Å². The summed E-state index contributed by atoms with van der Waals surface area (Å²) < 4.78 is 28.3. The molecular weight excluding hydrogens is 318 g/mol. The molecule has 1 aliphatic heterocycles. The van der Waals surface area contributed by atoms with Crippen LogP contribution in [0, 0.1) is 0 Å². The maximum absolute atomic E-state index is 12.1. The van der Waals surface area contributed by atoms with Gasteiger partial charge in [-0.2, -0.15) is 5.10 Å². The Bertz CT molecular complexity index is 693. The van der Waals surface area contributed by atoms with Crippen LogP contribution in [-0.2, 0) is 29.7 Å². The van der Waals surface area contributed by atoms with Gasteiger partial charge in [0.25, 0.3) is 0 Å². The first-order valence-corrected chi connectivity index (χ1v) is 9.42. The molecule has 9 heteroatoms. The van der Waals surface area contributed by atoms with E-state index in [2.05, 4.69) is 9.82 Å². The summed E-state index contributed by atoms with van der Waals surface area (Å²) in [6, 6.07) is 1.87. The summed E-state index contributed by atoms with van der Waals surface area (Å²) in [4.78, 5) is 15.5. The molecule has 0 radical (unpaired) electrons. The predicted molar refractivity (Wildman–Crippen MR) is 85.1 cm³/mol. The van der Waals surface area contributed by atoms with Gasteiger partial charge in [0, 0.05) is 27.2 Å². The molecule has 3 rings (SSSR count). The van der Waals surface area contributed by atoms with Crippen molar-refractivity contribution in [2.45, 2.75) is 44.1 Å². The van der Waals surface area contributed by atoms with Gasteiger partial charge in [-0.15, -0.1) is 0 Å². The molecule has 2 heterocycles. The first-order valence-electron chi connectivity index (χ1n) is 7.87. The summed E-state index contributed by atoms with van der Waals surface area (Å²) in [5.41, 5.74) is 1.64. The Kier molecular flexibility index (Phi) is 4.33. The zero-order chi connectivity index (χ0) is 16.6. The van der Waals surface area contributed by atoms with E-state index in [0.29, 0.717) is 18.8 Å². The summed E-state index contributed by atoms with van der Waals surface area (Å²) in [5.74, 6) is 0. The quantitative estimate of drug-likeness (QED) is 0.856. The predicted octanol–water partition coefficient (Wildman–Crippen LogP) is 0.352. The molecule has 0 aromatic carbocycles. The molecule has 0 unspecified atom stereocenters. The van der Waals surface area contributed by atoms with Gasteiger partial charge in [0.05, 0.1) is 29.7 Å². The van der Waals surface area contributed by atoms with Gasteiger partial charge in [-0.1, -0.05) is 0 Å². The average Bonchev–Trinajstić information content (AvgIpc) is 3.30. The van der Waals surface area contributed by atoms with Gasteiger partial charge in [0.2, 0.25) is 10.0 Å². The number of hydrogen-bond donors (Lipinski definition) is 1. The number of amides is 2. The molecule has 2 aliphatic rings. The smallest absolute Gasteiger partial charge is 0.319 e. The Hall–Kier alpha value is -1.61. The second-order valence-corrected chi connectivity index (χ2v) is 8.41. The van der Waals surface area contributed by atoms with Crippen molar-refractivity contribution in [3.8, 4) is 0 Å². The number of aryl methyl sites for hydroxylation is 1. The van der Waals surface area contributed by atoms with Crippen LogP contribution in [0.4, 0.5) is 4.79 Å². The van der Waals surface area contributed by atoms with Crippen molar-refractivity contribution in [2.75, 3.05) is 20.6 Å². The van der Waals surface area contributed by atoms with E-state index in [-0.39, 0.29) is 17.8 Å². The van der Waals surface area contributed by atoms with Crippen LogP contribution in [0.3, 0.4) is 0 Å². The highest BCUT2D eigenvalue weighted by molar-refractivity contribution is 7.90. The Morgan fingerprint density at radius 1 is 1.39 bits per heavy atom. The maximum atomic E-state index is 12.1. The van der Waals surface area contributed by atoms with Crippen molar-refractivity contribution in [3.63, 3.8) is 0 Å². The first kappa shape index (κ1) is 16.3. The molecule has 1 aromatic heterocycles. The maximum Gasteiger partial charge on any atom is 0.319 e. The summed E-state index contributed by atoms with van der Waals surface area (Å²) >= 11 is 0. The third-order valence-electron chi connectivity index (χ3n) is 4.14. The number of sulfonamides is 1. The second kappa shape index (κ2) is 6.12. The van der Waals surface area contributed by atoms with Crippen LogP contribution in [0.1, 0.15) is 30.7 Å². The lowest BCUT2D eigenvalue weighted by atomic mass is 10.3. The van der Waals surface area contributed by atoms with Crippen LogP contribution in [0.25, 0.3) is 0 Å². The summed E-state index contributed by atoms with van der Waals surface area (Å²) in [6.45, 7) is 2.14. The van der Waals surface area contributed by atoms with Crippen molar-refractivity contribution in [1.29, 1.82) is 0 Å². The fraction of sp³-hybridized carbons (Fsp3) is 0.714. The molecule has 23 heavy (non-hydrogen) atoms. The van der Waals surface area contributed by atoms with Gasteiger partial charge in [0.1, 0.15) is 0 Å². The molecule has 0 saturated heterocycles. The Labute approximate surface area is 136 Å². The molecule has 1 N–H and O–H groups in total. The number of nitrogens with one attached hydrogen (secondary N) is 1. The van der Waals surface area contributed by atoms with Gasteiger partial charge in [0.15, 0.2) is 0 Å². The third kappa shape index (κ3) is 3.66. The molecule has 128 valence electrons. The van der Waals surface area contributed by atoms with Crippen LogP contribution < -0.4 is 4.72 Å². The number of rotatable bonds is 4. The van der Waals surface area contributed by atoms with Gasteiger partial charge >= 0.3 is 6.03 Å². The van der Waals surface area contributed by atoms with E-state index in [1.165, 1.54) is 0 Å². The number of fused-ring (bicyclic) bond motifs is 1. The third-order valence-corrected chi connectivity index (χ3v) is 6.03. The van der Waals surface area contributed by atoms with Gasteiger partial charge in [-0.3, -0.25) is 4.68 Å². The topological polar surface area (TPSA) is 87.5 Å². The second-order valence-electron chi connectivity index (χ2n) is 6.37. The Morgan fingerprint density at radius 2 is 2.13 bits per heavy atom. The molecule has 1 saturated carbocycles. The molecule has 0 atom stereocenters. The number of carbonyl (C=O) groups is 1. The van der Waals surface area contributed by atoms with Crippen LogP contribution >= 0.6 is 0 Å². The van der Waals surface area contributed by atoms with E-state index in [1.54, 1.807) is 23.9 Å². The number of hydrogen-bond acceptors (Lipinski definition) is 4. The fourth-order valence-electron chi connectivity index (χ4n) is 2.73. The van der Waals surface area contributed by atoms with E-state index in [0.717, 1.165) is 31.5 Å². The van der Waals surface area contributed by atoms with Crippen molar-refractivity contribution in [2.24, 2.45) is 0 Å². The van der Waals surface area contributed by atoms with Crippen LogP contribution in [-0.4, -0.2) is 59.9 Å². The molecule has 1 fully saturated rings. The minimum Gasteiger partial charge on any atom is -0.331 e. The number of carbonyl (C=O) groups excluding carboxylic acids is 1. The number of aromatic nitrogens is 2. The van der Waals surface area contributed by atoms with Crippen molar-refractivity contribution in [3.05, 3.63) is 17.5 Å². The molecule has 0 bridgehead atoms. The van der Waals surface area contributed by atoms with Crippen molar-refractivity contribution in [1.82, 2.24) is 24.3 Å². The Morgan fingerprint density at radius 3 is 2.78 bits per heavy atom. The molecule has 1 aromatic rings. The molecule has 0 spiro atoms. The highest BCUT2D eigenvalue weighted by Gasteiger charge is 2.35. The largest absolute Gasteiger partial charge is 0.331 e. The van der Waals surface area contributed by atoms with E-state index in [1.807, 2.05) is 10.7 Å². The lowest BCUT2D eigenvalue weighted by Gasteiger charge is -2.23. The van der Waals surface area contributed by atoms with Gasteiger partial charge < -0.3 is 9.80 Å². The molecule has 8 nitrogen and oxygen atoms in total. The SMILES string of the molecule is CN(C)C(=O)N1CCCn2nc(CNS(=O)(=O)C3CC3)cc2C1. The summed E-state index contributed by atoms with van der Waals surface area (Å²) in [6.07, 6.45) is 2.33. The van der Waals surface area contributed by atoms with E-state index < -0.39 is 10.0 Å². The number of nitrogens with zero attached hydrogens (tertiary/aromatic N) is 4. The van der Waals surface area contributed by atoms with E-state index in [9.17, 15) is 13.2 Å². The Balaban J connectivity index is 1.68. The molecular formula is C14H23N5O3S. The van der Waals surface area contributed by atoms with Gasteiger partial charge in [-0.05, 0) is 25.3 Å². The monoisotopic (exact) mass is 341 g/mol. The highest BCUT2D eigenvalue weighted by atomic mass is 32.2. The zero-order valence-corrected chi connectivity index (χ0v) is 14.3.